The summed E-state index contributed by atoms with van der Waals surface area (Å²) in [5.41, 5.74) is 2.98. The van der Waals surface area contributed by atoms with Crippen molar-refractivity contribution < 1.29 is 0 Å². The Labute approximate surface area is 104 Å². The minimum Gasteiger partial charge on any atom is -0.321 e. The second-order valence-corrected chi connectivity index (χ2v) is 4.43. The molecule has 0 atom stereocenters. The maximum Gasteiger partial charge on any atom is 0.258 e. The molecule has 2 aromatic heterocycles. The highest BCUT2D eigenvalue weighted by Crippen LogP contribution is 2.18. The topological polar surface area (TPSA) is 39.3 Å². The van der Waals surface area contributed by atoms with Crippen LogP contribution in [0.2, 0.25) is 0 Å². The summed E-state index contributed by atoms with van der Waals surface area (Å²) in [5, 5.41) is 0. The lowest BCUT2D eigenvalue weighted by Crippen LogP contribution is -2.13. The summed E-state index contributed by atoms with van der Waals surface area (Å²) in [6.45, 7) is 2.04. The van der Waals surface area contributed by atoms with Crippen LogP contribution in [0.1, 0.15) is 5.56 Å². The van der Waals surface area contributed by atoms with E-state index in [1.807, 2.05) is 42.8 Å². The van der Waals surface area contributed by atoms with Crippen molar-refractivity contribution in [3.05, 3.63) is 58.6 Å². The normalized spacial score (nSPS) is 11.0. The first-order chi connectivity index (χ1) is 8.65. The van der Waals surface area contributed by atoms with Gasteiger partial charge in [0.1, 0.15) is 0 Å². The molecule has 0 aliphatic heterocycles. The zero-order valence-electron chi connectivity index (χ0n) is 10.3. The van der Waals surface area contributed by atoms with Gasteiger partial charge in [0.05, 0.1) is 5.69 Å². The zero-order valence-corrected chi connectivity index (χ0v) is 10.3. The van der Waals surface area contributed by atoms with Crippen LogP contribution in [0.25, 0.3) is 17.0 Å². The van der Waals surface area contributed by atoms with Crippen LogP contribution in [-0.2, 0) is 7.05 Å². The Bertz CT molecular complexity index is 766. The average Bonchev–Trinajstić information content (AvgIpc) is 2.81. The number of fused-ring (bicyclic) bond motifs is 1. The predicted octanol–water partition coefficient (Wildman–Crippen LogP) is 2.01. The molecule has 4 heteroatoms. The largest absolute Gasteiger partial charge is 0.321 e. The highest BCUT2D eigenvalue weighted by Gasteiger charge is 2.07. The third kappa shape index (κ3) is 1.62. The van der Waals surface area contributed by atoms with Crippen LogP contribution < -0.4 is 5.56 Å². The van der Waals surface area contributed by atoms with Crippen molar-refractivity contribution in [3.8, 4) is 11.3 Å². The molecule has 3 rings (SSSR count). The Balaban J connectivity index is 2.25. The Kier molecular flexibility index (Phi) is 2.30. The van der Waals surface area contributed by atoms with Crippen molar-refractivity contribution in [3.63, 3.8) is 0 Å². The number of aryl methyl sites for hydroxylation is 2. The second kappa shape index (κ2) is 3.84. The minimum absolute atomic E-state index is 0.0611. The maximum atomic E-state index is 11.7. The summed E-state index contributed by atoms with van der Waals surface area (Å²) in [7, 11) is 1.88. The molecule has 0 radical (unpaired) electrons. The molecule has 0 N–H and O–H groups in total. The molecule has 0 fully saturated rings. The maximum absolute atomic E-state index is 11.7. The fourth-order valence-corrected chi connectivity index (χ4v) is 1.97. The third-order valence-electron chi connectivity index (χ3n) is 3.03. The lowest BCUT2D eigenvalue weighted by Gasteiger charge is -1.98. The van der Waals surface area contributed by atoms with Gasteiger partial charge in [-0.1, -0.05) is 29.8 Å². The molecule has 0 aliphatic carbocycles. The molecule has 2 heterocycles. The third-order valence-corrected chi connectivity index (χ3v) is 3.03. The summed E-state index contributed by atoms with van der Waals surface area (Å²) in [6, 6.07) is 9.64. The summed E-state index contributed by atoms with van der Waals surface area (Å²) in [6.07, 6.45) is 3.51. The van der Waals surface area contributed by atoms with Crippen LogP contribution in [-0.4, -0.2) is 14.0 Å². The van der Waals surface area contributed by atoms with Crippen LogP contribution in [0, 0.1) is 6.92 Å². The van der Waals surface area contributed by atoms with E-state index in [2.05, 4.69) is 4.98 Å². The number of aromatic nitrogens is 3. The van der Waals surface area contributed by atoms with Gasteiger partial charge in [-0.2, -0.15) is 0 Å². The molecule has 0 saturated heterocycles. The van der Waals surface area contributed by atoms with Crippen molar-refractivity contribution in [2.45, 2.75) is 6.92 Å². The summed E-state index contributed by atoms with van der Waals surface area (Å²) in [4.78, 5) is 16.2. The van der Waals surface area contributed by atoms with Crippen molar-refractivity contribution >= 4 is 5.78 Å². The standard InChI is InChI=1S/C14H13N3O/c1-10-3-5-11(6-4-10)12-9-17-13(18)7-8-16(2)14(17)15-12/h3-9H,1-2H3. The molecule has 90 valence electrons. The quantitative estimate of drug-likeness (QED) is 0.651. The Morgan fingerprint density at radius 3 is 2.50 bits per heavy atom. The first-order valence-electron chi connectivity index (χ1n) is 5.77. The number of nitrogens with zero attached hydrogens (tertiary/aromatic N) is 3. The van der Waals surface area contributed by atoms with Crippen LogP contribution in [0.3, 0.4) is 0 Å². The SMILES string of the molecule is Cc1ccc(-c2cn3c(=O)ccn(C)c3n2)cc1. The van der Waals surface area contributed by atoms with Crippen molar-refractivity contribution in [1.82, 2.24) is 14.0 Å². The molecule has 1 aromatic carbocycles. The number of hydrogen-bond donors (Lipinski definition) is 0. The van der Waals surface area contributed by atoms with Gasteiger partial charge in [-0.15, -0.1) is 0 Å². The molecule has 0 bridgehead atoms. The molecule has 0 spiro atoms. The van der Waals surface area contributed by atoms with E-state index < -0.39 is 0 Å². The molecule has 0 saturated carbocycles. The van der Waals surface area contributed by atoms with Gasteiger partial charge in [0.15, 0.2) is 0 Å². The first-order valence-corrected chi connectivity index (χ1v) is 5.77. The average molecular weight is 239 g/mol. The molecule has 0 unspecified atom stereocenters. The highest BCUT2D eigenvalue weighted by atomic mass is 16.1. The van der Waals surface area contributed by atoms with E-state index in [-0.39, 0.29) is 5.56 Å². The van der Waals surface area contributed by atoms with Gasteiger partial charge in [-0.25, -0.2) is 4.98 Å². The van der Waals surface area contributed by atoms with Crippen molar-refractivity contribution in [2.75, 3.05) is 0 Å². The van der Waals surface area contributed by atoms with E-state index in [1.54, 1.807) is 16.8 Å². The molecule has 18 heavy (non-hydrogen) atoms. The van der Waals surface area contributed by atoms with Gasteiger partial charge in [0.2, 0.25) is 5.78 Å². The summed E-state index contributed by atoms with van der Waals surface area (Å²) in [5.74, 6) is 0.651. The molecular weight excluding hydrogens is 226 g/mol. The van der Waals surface area contributed by atoms with Crippen molar-refractivity contribution in [1.29, 1.82) is 0 Å². The number of hydrogen-bond acceptors (Lipinski definition) is 2. The lowest BCUT2D eigenvalue weighted by molar-refractivity contribution is 0.867. The molecule has 0 aliphatic rings. The minimum atomic E-state index is -0.0611. The van der Waals surface area contributed by atoms with Crippen LogP contribution in [0.5, 0.6) is 0 Å². The van der Waals surface area contributed by atoms with Crippen molar-refractivity contribution in [2.24, 2.45) is 7.05 Å². The van der Waals surface area contributed by atoms with E-state index >= 15 is 0 Å². The Morgan fingerprint density at radius 1 is 1.11 bits per heavy atom. The summed E-state index contributed by atoms with van der Waals surface area (Å²) >= 11 is 0. The van der Waals surface area contributed by atoms with E-state index in [0.717, 1.165) is 11.3 Å². The first kappa shape index (κ1) is 10.8. The molecule has 4 nitrogen and oxygen atoms in total. The van der Waals surface area contributed by atoms with Gasteiger partial charge >= 0.3 is 0 Å². The van der Waals surface area contributed by atoms with Crippen LogP contribution >= 0.6 is 0 Å². The fraction of sp³-hybridized carbons (Fsp3) is 0.143. The molecule has 3 aromatic rings. The monoisotopic (exact) mass is 239 g/mol. The number of rotatable bonds is 1. The fourth-order valence-electron chi connectivity index (χ4n) is 1.97. The molecule has 0 amide bonds. The van der Waals surface area contributed by atoms with Gasteiger partial charge in [-0.05, 0) is 6.92 Å². The lowest BCUT2D eigenvalue weighted by atomic mass is 10.1. The van der Waals surface area contributed by atoms with Gasteiger partial charge in [-0.3, -0.25) is 9.20 Å². The Morgan fingerprint density at radius 2 is 1.83 bits per heavy atom. The van der Waals surface area contributed by atoms with E-state index in [0.29, 0.717) is 5.78 Å². The van der Waals surface area contributed by atoms with Gasteiger partial charge < -0.3 is 4.57 Å². The van der Waals surface area contributed by atoms with Gasteiger partial charge in [0, 0.05) is 31.1 Å². The van der Waals surface area contributed by atoms with Gasteiger partial charge in [0.25, 0.3) is 5.56 Å². The van der Waals surface area contributed by atoms with E-state index in [9.17, 15) is 4.79 Å². The number of imidazole rings is 1. The zero-order chi connectivity index (χ0) is 12.7. The van der Waals surface area contributed by atoms with E-state index in [1.165, 1.54) is 11.6 Å². The van der Waals surface area contributed by atoms with E-state index in [4.69, 9.17) is 0 Å². The van der Waals surface area contributed by atoms with Crippen LogP contribution in [0.15, 0.2) is 47.5 Å². The second-order valence-electron chi connectivity index (χ2n) is 4.43. The number of benzene rings is 1. The van der Waals surface area contributed by atoms with Crippen LogP contribution in [0.4, 0.5) is 0 Å². The Hall–Kier alpha value is -2.36. The molecular formula is C14H13N3O. The smallest absolute Gasteiger partial charge is 0.258 e. The highest BCUT2D eigenvalue weighted by molar-refractivity contribution is 5.61. The predicted molar refractivity (Wildman–Crippen MR) is 70.6 cm³/mol. The summed E-state index contributed by atoms with van der Waals surface area (Å²) < 4.78 is 3.40.